The molecule has 0 unspecified atom stereocenters. The van der Waals surface area contributed by atoms with Crippen molar-refractivity contribution in [1.82, 2.24) is 4.57 Å². The summed E-state index contributed by atoms with van der Waals surface area (Å²) in [4.78, 5) is 11.9. The van der Waals surface area contributed by atoms with Gasteiger partial charge in [-0.2, -0.15) is 0 Å². The molecule has 0 spiro atoms. The van der Waals surface area contributed by atoms with E-state index in [1.165, 1.54) is 21.8 Å². The molecule has 1 heterocycles. The Morgan fingerprint density at radius 2 is 1.91 bits per heavy atom. The first-order valence-electron chi connectivity index (χ1n) is 7.61. The SMILES string of the molecule is CCn1c2ccccc2c2cc(NC(=O)CCCBr)ccc21. The van der Waals surface area contributed by atoms with E-state index in [1.807, 2.05) is 6.07 Å². The molecule has 0 aliphatic heterocycles. The second-order valence-corrected chi connectivity index (χ2v) is 6.13. The van der Waals surface area contributed by atoms with Gasteiger partial charge in [-0.3, -0.25) is 4.79 Å². The minimum absolute atomic E-state index is 0.0676. The van der Waals surface area contributed by atoms with Gasteiger partial charge in [-0.1, -0.05) is 34.1 Å². The summed E-state index contributed by atoms with van der Waals surface area (Å²) in [7, 11) is 0. The monoisotopic (exact) mass is 358 g/mol. The quantitative estimate of drug-likeness (QED) is 0.644. The molecule has 1 aromatic heterocycles. The van der Waals surface area contributed by atoms with Crippen molar-refractivity contribution in [2.75, 3.05) is 10.6 Å². The van der Waals surface area contributed by atoms with Gasteiger partial charge in [-0.25, -0.2) is 0 Å². The lowest BCUT2D eigenvalue weighted by molar-refractivity contribution is -0.116. The number of fused-ring (bicyclic) bond motifs is 3. The maximum atomic E-state index is 11.9. The van der Waals surface area contributed by atoms with E-state index >= 15 is 0 Å². The summed E-state index contributed by atoms with van der Waals surface area (Å²) < 4.78 is 2.31. The number of carbonyl (C=O) groups is 1. The van der Waals surface area contributed by atoms with Gasteiger partial charge in [-0.05, 0) is 37.6 Å². The topological polar surface area (TPSA) is 34.0 Å². The first kappa shape index (κ1) is 15.1. The molecule has 0 bridgehead atoms. The van der Waals surface area contributed by atoms with E-state index in [2.05, 4.69) is 69.1 Å². The van der Waals surface area contributed by atoms with E-state index in [0.29, 0.717) is 6.42 Å². The third-order valence-corrected chi connectivity index (χ3v) is 4.47. The van der Waals surface area contributed by atoms with E-state index in [-0.39, 0.29) is 5.91 Å². The van der Waals surface area contributed by atoms with Crippen molar-refractivity contribution in [3.63, 3.8) is 0 Å². The van der Waals surface area contributed by atoms with E-state index in [0.717, 1.165) is 24.0 Å². The van der Waals surface area contributed by atoms with Crippen LogP contribution in [0.5, 0.6) is 0 Å². The number of para-hydroxylation sites is 1. The molecule has 1 N–H and O–H groups in total. The molecular weight excluding hydrogens is 340 g/mol. The van der Waals surface area contributed by atoms with Gasteiger partial charge in [-0.15, -0.1) is 0 Å². The summed E-state index contributed by atoms with van der Waals surface area (Å²) in [5.74, 6) is 0.0676. The highest BCUT2D eigenvalue weighted by molar-refractivity contribution is 9.09. The number of nitrogens with zero attached hydrogens (tertiary/aromatic N) is 1. The third kappa shape index (κ3) is 2.75. The van der Waals surface area contributed by atoms with Gasteiger partial charge >= 0.3 is 0 Å². The number of carbonyl (C=O) groups excluding carboxylic acids is 1. The number of benzene rings is 2. The first-order chi connectivity index (χ1) is 10.7. The fourth-order valence-electron chi connectivity index (χ4n) is 2.92. The normalized spacial score (nSPS) is 11.2. The van der Waals surface area contributed by atoms with Crippen LogP contribution in [0.2, 0.25) is 0 Å². The average Bonchev–Trinajstić information content (AvgIpc) is 2.86. The zero-order valence-electron chi connectivity index (χ0n) is 12.6. The van der Waals surface area contributed by atoms with Crippen molar-refractivity contribution in [3.8, 4) is 0 Å². The van der Waals surface area contributed by atoms with Gasteiger partial charge in [0.05, 0.1) is 0 Å². The van der Waals surface area contributed by atoms with Crippen molar-refractivity contribution in [2.45, 2.75) is 26.3 Å². The van der Waals surface area contributed by atoms with Crippen LogP contribution in [0.1, 0.15) is 19.8 Å². The number of aryl methyl sites for hydroxylation is 1. The molecule has 0 saturated heterocycles. The molecule has 3 aromatic rings. The van der Waals surface area contributed by atoms with Gasteiger partial charge in [0.25, 0.3) is 0 Å². The molecular formula is C18H19BrN2O. The van der Waals surface area contributed by atoms with Crippen molar-refractivity contribution < 1.29 is 4.79 Å². The molecule has 0 saturated carbocycles. The van der Waals surface area contributed by atoms with Crippen LogP contribution >= 0.6 is 15.9 Å². The molecule has 0 radical (unpaired) electrons. The highest BCUT2D eigenvalue weighted by atomic mass is 79.9. The van der Waals surface area contributed by atoms with Crippen LogP contribution in [0, 0.1) is 0 Å². The van der Waals surface area contributed by atoms with E-state index in [9.17, 15) is 4.79 Å². The summed E-state index contributed by atoms with van der Waals surface area (Å²) in [5, 5.41) is 6.27. The van der Waals surface area contributed by atoms with Crippen LogP contribution in [0.25, 0.3) is 21.8 Å². The molecule has 0 fully saturated rings. The minimum atomic E-state index is 0.0676. The second-order valence-electron chi connectivity index (χ2n) is 5.33. The van der Waals surface area contributed by atoms with Crippen LogP contribution in [-0.2, 0) is 11.3 Å². The maximum Gasteiger partial charge on any atom is 0.224 e. The number of anilines is 1. The van der Waals surface area contributed by atoms with E-state index < -0.39 is 0 Å². The fourth-order valence-corrected chi connectivity index (χ4v) is 3.20. The highest BCUT2D eigenvalue weighted by Crippen LogP contribution is 2.30. The Morgan fingerprint density at radius 1 is 1.14 bits per heavy atom. The summed E-state index contributed by atoms with van der Waals surface area (Å²) in [6.45, 7) is 3.09. The van der Waals surface area contributed by atoms with Crippen molar-refractivity contribution in [3.05, 3.63) is 42.5 Å². The van der Waals surface area contributed by atoms with Crippen LogP contribution in [0.15, 0.2) is 42.5 Å². The standard InChI is InChI=1S/C18H19BrN2O/c1-2-21-16-7-4-3-6-14(16)15-12-13(9-10-17(15)21)20-18(22)8-5-11-19/h3-4,6-7,9-10,12H,2,5,8,11H2,1H3,(H,20,22). The second kappa shape index (κ2) is 6.53. The average molecular weight is 359 g/mol. The Morgan fingerprint density at radius 3 is 2.68 bits per heavy atom. The summed E-state index contributed by atoms with van der Waals surface area (Å²) in [6, 6.07) is 14.6. The molecule has 3 rings (SSSR count). The Kier molecular flexibility index (Phi) is 4.48. The molecule has 4 heteroatoms. The lowest BCUT2D eigenvalue weighted by Crippen LogP contribution is -2.11. The number of nitrogens with one attached hydrogen (secondary N) is 1. The number of amides is 1. The molecule has 114 valence electrons. The molecule has 1 amide bonds. The van der Waals surface area contributed by atoms with Crippen LogP contribution in [-0.4, -0.2) is 15.8 Å². The van der Waals surface area contributed by atoms with Gasteiger partial charge in [0, 0.05) is 45.8 Å². The summed E-state index contributed by atoms with van der Waals surface area (Å²) in [6.07, 6.45) is 1.39. The number of hydrogen-bond acceptors (Lipinski definition) is 1. The Hall–Kier alpha value is -1.81. The lowest BCUT2D eigenvalue weighted by atomic mass is 10.1. The number of halogens is 1. The number of alkyl halides is 1. The molecule has 0 atom stereocenters. The zero-order chi connectivity index (χ0) is 15.5. The molecule has 3 nitrogen and oxygen atoms in total. The molecule has 0 aliphatic carbocycles. The third-order valence-electron chi connectivity index (χ3n) is 3.91. The van der Waals surface area contributed by atoms with Crippen molar-refractivity contribution >= 4 is 49.3 Å². The predicted octanol–water partition coefficient (Wildman–Crippen LogP) is 4.93. The summed E-state index contributed by atoms with van der Waals surface area (Å²) in [5.41, 5.74) is 3.32. The number of hydrogen-bond donors (Lipinski definition) is 1. The molecule has 2 aromatic carbocycles. The van der Waals surface area contributed by atoms with Crippen LogP contribution in [0.3, 0.4) is 0 Å². The number of aromatic nitrogens is 1. The summed E-state index contributed by atoms with van der Waals surface area (Å²) >= 11 is 3.35. The fraction of sp³-hybridized carbons (Fsp3) is 0.278. The minimum Gasteiger partial charge on any atom is -0.341 e. The Labute approximate surface area is 138 Å². The van der Waals surface area contributed by atoms with E-state index in [1.54, 1.807) is 0 Å². The van der Waals surface area contributed by atoms with Gasteiger partial charge in [0.2, 0.25) is 5.91 Å². The number of rotatable bonds is 5. The Bertz CT molecular complexity index is 822. The largest absolute Gasteiger partial charge is 0.341 e. The first-order valence-corrected chi connectivity index (χ1v) is 8.73. The van der Waals surface area contributed by atoms with Crippen LogP contribution < -0.4 is 5.32 Å². The van der Waals surface area contributed by atoms with Gasteiger partial charge in [0.15, 0.2) is 0 Å². The Balaban J connectivity index is 2.02. The smallest absolute Gasteiger partial charge is 0.224 e. The lowest BCUT2D eigenvalue weighted by Gasteiger charge is -2.06. The predicted molar refractivity (Wildman–Crippen MR) is 96.8 cm³/mol. The molecule has 0 aliphatic rings. The maximum absolute atomic E-state index is 11.9. The molecule has 22 heavy (non-hydrogen) atoms. The van der Waals surface area contributed by atoms with Crippen LogP contribution in [0.4, 0.5) is 5.69 Å². The van der Waals surface area contributed by atoms with E-state index in [4.69, 9.17) is 0 Å². The highest BCUT2D eigenvalue weighted by Gasteiger charge is 2.10. The van der Waals surface area contributed by atoms with Crippen molar-refractivity contribution in [1.29, 1.82) is 0 Å². The van der Waals surface area contributed by atoms with Crippen molar-refractivity contribution in [2.24, 2.45) is 0 Å². The van der Waals surface area contributed by atoms with Gasteiger partial charge in [0.1, 0.15) is 0 Å². The zero-order valence-corrected chi connectivity index (χ0v) is 14.2. The van der Waals surface area contributed by atoms with Gasteiger partial charge < -0.3 is 9.88 Å².